The van der Waals surface area contributed by atoms with Gasteiger partial charge in [-0.2, -0.15) is 9.97 Å². The Bertz CT molecular complexity index is 635. The van der Waals surface area contributed by atoms with Crippen LogP contribution in [0.4, 0.5) is 11.8 Å². The predicted octanol–water partition coefficient (Wildman–Crippen LogP) is 2.86. The molecule has 0 spiro atoms. The van der Waals surface area contributed by atoms with Crippen molar-refractivity contribution in [2.75, 3.05) is 36.0 Å². The van der Waals surface area contributed by atoms with Crippen LogP contribution in [0.5, 0.6) is 0 Å². The van der Waals surface area contributed by atoms with Crippen molar-refractivity contribution in [1.82, 2.24) is 15.0 Å². The summed E-state index contributed by atoms with van der Waals surface area (Å²) in [5, 5.41) is 1.18. The van der Waals surface area contributed by atoms with Crippen LogP contribution >= 0.6 is 0 Å². The molecule has 0 radical (unpaired) electrons. The average molecular weight is 285 g/mol. The summed E-state index contributed by atoms with van der Waals surface area (Å²) in [6, 6.07) is 2.19. The van der Waals surface area contributed by atoms with Gasteiger partial charge in [0.15, 0.2) is 0 Å². The number of H-pyrrole nitrogens is 1. The van der Waals surface area contributed by atoms with Gasteiger partial charge in [0.25, 0.3) is 0 Å². The van der Waals surface area contributed by atoms with Gasteiger partial charge in [-0.25, -0.2) is 0 Å². The van der Waals surface area contributed by atoms with E-state index < -0.39 is 0 Å². The summed E-state index contributed by atoms with van der Waals surface area (Å²) in [4.78, 5) is 17.9. The quantitative estimate of drug-likeness (QED) is 0.921. The Morgan fingerprint density at radius 1 is 0.905 bits per heavy atom. The van der Waals surface area contributed by atoms with E-state index in [0.29, 0.717) is 0 Å². The van der Waals surface area contributed by atoms with Gasteiger partial charge in [-0.1, -0.05) is 0 Å². The number of nitrogens with one attached hydrogen (secondary N) is 1. The maximum atomic E-state index is 4.94. The van der Waals surface area contributed by atoms with Crippen molar-refractivity contribution in [3.05, 3.63) is 11.8 Å². The highest BCUT2D eigenvalue weighted by Gasteiger charge is 2.21. The highest BCUT2D eigenvalue weighted by Crippen LogP contribution is 2.30. The van der Waals surface area contributed by atoms with Gasteiger partial charge in [-0.3, -0.25) is 0 Å². The summed E-state index contributed by atoms with van der Waals surface area (Å²) in [6.45, 7) is 6.51. The van der Waals surface area contributed by atoms with Crippen LogP contribution in [0.2, 0.25) is 0 Å². The normalized spacial score (nSPS) is 19.7. The Labute approximate surface area is 125 Å². The number of aryl methyl sites for hydroxylation is 1. The SMILES string of the molecule is Cc1cc2c(N3CCCCC3)nc(N3CCCC3)nc2[nH]1. The fraction of sp³-hybridized carbons (Fsp3) is 0.625. The molecule has 2 aromatic rings. The topological polar surface area (TPSA) is 48.1 Å². The lowest BCUT2D eigenvalue weighted by Crippen LogP contribution is -2.31. The minimum atomic E-state index is 0.905. The first-order chi connectivity index (χ1) is 10.3. The van der Waals surface area contributed by atoms with E-state index in [0.717, 1.165) is 49.3 Å². The van der Waals surface area contributed by atoms with Gasteiger partial charge < -0.3 is 14.8 Å². The number of piperidine rings is 1. The average Bonchev–Trinajstić information content (AvgIpc) is 3.15. The highest BCUT2D eigenvalue weighted by atomic mass is 15.3. The molecule has 2 aliphatic heterocycles. The molecular weight excluding hydrogens is 262 g/mol. The Hall–Kier alpha value is -1.78. The number of rotatable bonds is 2. The molecule has 0 aliphatic carbocycles. The van der Waals surface area contributed by atoms with Crippen molar-refractivity contribution >= 4 is 22.8 Å². The zero-order valence-corrected chi connectivity index (χ0v) is 12.7. The molecule has 0 amide bonds. The molecule has 112 valence electrons. The minimum absolute atomic E-state index is 0.905. The molecule has 4 heterocycles. The van der Waals surface area contributed by atoms with Crippen LogP contribution in [0.3, 0.4) is 0 Å². The molecule has 0 bridgehead atoms. The van der Waals surface area contributed by atoms with Crippen molar-refractivity contribution in [3.8, 4) is 0 Å². The van der Waals surface area contributed by atoms with Crippen LogP contribution in [0.15, 0.2) is 6.07 Å². The lowest BCUT2D eigenvalue weighted by Gasteiger charge is -2.29. The summed E-state index contributed by atoms with van der Waals surface area (Å²) in [5.41, 5.74) is 2.15. The fourth-order valence-corrected chi connectivity index (χ4v) is 3.52. The molecule has 0 atom stereocenters. The molecule has 4 rings (SSSR count). The van der Waals surface area contributed by atoms with E-state index in [9.17, 15) is 0 Å². The summed E-state index contributed by atoms with van der Waals surface area (Å²) in [7, 11) is 0. The van der Waals surface area contributed by atoms with E-state index in [1.807, 2.05) is 0 Å². The monoisotopic (exact) mass is 285 g/mol. The molecule has 5 nitrogen and oxygen atoms in total. The van der Waals surface area contributed by atoms with Crippen molar-refractivity contribution in [1.29, 1.82) is 0 Å². The van der Waals surface area contributed by atoms with Gasteiger partial charge in [0.05, 0.1) is 5.39 Å². The van der Waals surface area contributed by atoms with Crippen LogP contribution in [0, 0.1) is 6.92 Å². The maximum Gasteiger partial charge on any atom is 0.229 e. The minimum Gasteiger partial charge on any atom is -0.356 e. The molecular formula is C16H23N5. The molecule has 2 aliphatic rings. The third-order valence-corrected chi connectivity index (χ3v) is 4.63. The predicted molar refractivity (Wildman–Crippen MR) is 86.1 cm³/mol. The van der Waals surface area contributed by atoms with Crippen LogP contribution in [-0.4, -0.2) is 41.1 Å². The van der Waals surface area contributed by atoms with Gasteiger partial charge in [-0.15, -0.1) is 0 Å². The van der Waals surface area contributed by atoms with Gasteiger partial charge in [0.2, 0.25) is 5.95 Å². The number of hydrogen-bond donors (Lipinski definition) is 1. The van der Waals surface area contributed by atoms with Gasteiger partial charge >= 0.3 is 0 Å². The zero-order valence-electron chi connectivity index (χ0n) is 12.7. The number of hydrogen-bond acceptors (Lipinski definition) is 4. The third-order valence-electron chi connectivity index (χ3n) is 4.63. The van der Waals surface area contributed by atoms with E-state index in [1.165, 1.54) is 37.5 Å². The Balaban J connectivity index is 1.81. The first-order valence-corrected chi connectivity index (χ1v) is 8.18. The number of anilines is 2. The van der Waals surface area contributed by atoms with Crippen LogP contribution in [0.25, 0.3) is 11.0 Å². The number of nitrogens with zero attached hydrogens (tertiary/aromatic N) is 4. The second-order valence-corrected chi connectivity index (χ2v) is 6.30. The van der Waals surface area contributed by atoms with E-state index in [4.69, 9.17) is 9.97 Å². The third kappa shape index (κ3) is 2.34. The highest BCUT2D eigenvalue weighted by molar-refractivity contribution is 5.89. The molecule has 1 N–H and O–H groups in total. The largest absolute Gasteiger partial charge is 0.356 e. The molecule has 2 aromatic heterocycles. The van der Waals surface area contributed by atoms with Crippen LogP contribution < -0.4 is 9.80 Å². The second kappa shape index (κ2) is 5.20. The molecule has 0 aromatic carbocycles. The number of fused-ring (bicyclic) bond motifs is 1. The lowest BCUT2D eigenvalue weighted by molar-refractivity contribution is 0.574. The van der Waals surface area contributed by atoms with Crippen molar-refractivity contribution in [2.45, 2.75) is 39.0 Å². The maximum absolute atomic E-state index is 4.94. The molecule has 0 saturated carbocycles. The number of aromatic amines is 1. The summed E-state index contributed by atoms with van der Waals surface area (Å²) in [6.07, 6.45) is 6.40. The molecule has 2 saturated heterocycles. The zero-order chi connectivity index (χ0) is 14.2. The fourth-order valence-electron chi connectivity index (χ4n) is 3.52. The van der Waals surface area contributed by atoms with Crippen LogP contribution in [0.1, 0.15) is 37.8 Å². The first kappa shape index (κ1) is 12.9. The van der Waals surface area contributed by atoms with Gasteiger partial charge in [-0.05, 0) is 45.1 Å². The molecule has 0 unspecified atom stereocenters. The summed E-state index contributed by atoms with van der Waals surface area (Å²) in [5.74, 6) is 2.04. The Kier molecular flexibility index (Phi) is 3.20. The summed E-state index contributed by atoms with van der Waals surface area (Å²) >= 11 is 0. The van der Waals surface area contributed by atoms with Crippen molar-refractivity contribution in [2.24, 2.45) is 0 Å². The van der Waals surface area contributed by atoms with E-state index in [1.54, 1.807) is 0 Å². The van der Waals surface area contributed by atoms with Crippen molar-refractivity contribution in [3.63, 3.8) is 0 Å². The molecule has 2 fully saturated rings. The number of aromatic nitrogens is 3. The van der Waals surface area contributed by atoms with Crippen LogP contribution in [-0.2, 0) is 0 Å². The second-order valence-electron chi connectivity index (χ2n) is 6.30. The summed E-state index contributed by atoms with van der Waals surface area (Å²) < 4.78 is 0. The van der Waals surface area contributed by atoms with E-state index >= 15 is 0 Å². The molecule has 21 heavy (non-hydrogen) atoms. The van der Waals surface area contributed by atoms with Gasteiger partial charge in [0.1, 0.15) is 11.5 Å². The standard InChI is InChI=1S/C16H23N5/c1-12-11-13-14(17-12)18-16(21-9-5-6-10-21)19-15(13)20-7-3-2-4-8-20/h11H,2-10H2,1H3,(H,17,18,19). The van der Waals surface area contributed by atoms with E-state index in [-0.39, 0.29) is 0 Å². The van der Waals surface area contributed by atoms with Gasteiger partial charge in [0, 0.05) is 31.9 Å². The Morgan fingerprint density at radius 2 is 1.57 bits per heavy atom. The first-order valence-electron chi connectivity index (χ1n) is 8.18. The van der Waals surface area contributed by atoms with E-state index in [2.05, 4.69) is 27.8 Å². The lowest BCUT2D eigenvalue weighted by atomic mass is 10.1. The Morgan fingerprint density at radius 3 is 2.33 bits per heavy atom. The smallest absolute Gasteiger partial charge is 0.229 e. The van der Waals surface area contributed by atoms with Crippen molar-refractivity contribution < 1.29 is 0 Å². The molecule has 5 heteroatoms.